The molecule has 1 aromatic rings. The summed E-state index contributed by atoms with van der Waals surface area (Å²) in [6.45, 7) is 5.09. The van der Waals surface area contributed by atoms with Gasteiger partial charge in [-0.25, -0.2) is 0 Å². The van der Waals surface area contributed by atoms with E-state index in [1.54, 1.807) is 0 Å². The van der Waals surface area contributed by atoms with Crippen molar-refractivity contribution < 1.29 is 4.74 Å². The molecule has 3 rings (SSSR count). The van der Waals surface area contributed by atoms with Crippen molar-refractivity contribution in [3.63, 3.8) is 0 Å². The predicted octanol–water partition coefficient (Wildman–Crippen LogP) is 2.86. The second-order valence-electron chi connectivity index (χ2n) is 6.30. The Labute approximate surface area is 122 Å². The van der Waals surface area contributed by atoms with Gasteiger partial charge in [-0.05, 0) is 44.2 Å². The standard InChI is InChI=1S/C17H26N2O/c1-13-5-8-17(14(10-13)11-18-15-6-7-15)19(2)12-16-4-3-9-20-16/h5,8,10,15-16,18H,3-4,6-7,9,11-12H2,1-2H3. The molecule has 1 N–H and O–H groups in total. The summed E-state index contributed by atoms with van der Waals surface area (Å²) in [6.07, 6.45) is 5.50. The lowest BCUT2D eigenvalue weighted by Gasteiger charge is -2.25. The first-order chi connectivity index (χ1) is 9.72. The van der Waals surface area contributed by atoms with Gasteiger partial charge in [0.05, 0.1) is 6.10 Å². The van der Waals surface area contributed by atoms with Crippen molar-refractivity contribution in [3.05, 3.63) is 29.3 Å². The molecule has 1 saturated carbocycles. The maximum absolute atomic E-state index is 5.76. The molecule has 2 fully saturated rings. The van der Waals surface area contributed by atoms with Gasteiger partial charge < -0.3 is 15.0 Å². The van der Waals surface area contributed by atoms with Gasteiger partial charge in [-0.2, -0.15) is 0 Å². The Hall–Kier alpha value is -1.06. The van der Waals surface area contributed by atoms with Crippen LogP contribution in [0, 0.1) is 6.92 Å². The van der Waals surface area contributed by atoms with Crippen molar-refractivity contribution in [2.24, 2.45) is 0 Å². The maximum Gasteiger partial charge on any atom is 0.0750 e. The van der Waals surface area contributed by atoms with E-state index in [0.717, 1.165) is 25.7 Å². The summed E-state index contributed by atoms with van der Waals surface area (Å²) in [4.78, 5) is 2.36. The van der Waals surface area contributed by atoms with Gasteiger partial charge in [-0.15, -0.1) is 0 Å². The van der Waals surface area contributed by atoms with Gasteiger partial charge in [0.25, 0.3) is 0 Å². The van der Waals surface area contributed by atoms with Crippen molar-refractivity contribution in [1.29, 1.82) is 0 Å². The van der Waals surface area contributed by atoms with Crippen LogP contribution >= 0.6 is 0 Å². The highest BCUT2D eigenvalue weighted by Crippen LogP contribution is 2.25. The van der Waals surface area contributed by atoms with E-state index >= 15 is 0 Å². The Morgan fingerprint density at radius 3 is 2.85 bits per heavy atom. The minimum Gasteiger partial charge on any atom is -0.376 e. The molecule has 0 bridgehead atoms. The number of aryl methyl sites for hydroxylation is 1. The highest BCUT2D eigenvalue weighted by molar-refractivity contribution is 5.54. The Balaban J connectivity index is 1.68. The van der Waals surface area contributed by atoms with Gasteiger partial charge in [0.2, 0.25) is 0 Å². The summed E-state index contributed by atoms with van der Waals surface area (Å²) < 4.78 is 5.76. The van der Waals surface area contributed by atoms with Gasteiger partial charge in [0, 0.05) is 38.5 Å². The molecular weight excluding hydrogens is 248 g/mol. The van der Waals surface area contributed by atoms with E-state index in [-0.39, 0.29) is 0 Å². The first kappa shape index (κ1) is 13.9. The largest absolute Gasteiger partial charge is 0.376 e. The summed E-state index contributed by atoms with van der Waals surface area (Å²) in [5.41, 5.74) is 4.10. The Morgan fingerprint density at radius 1 is 1.30 bits per heavy atom. The molecule has 1 unspecified atom stereocenters. The van der Waals surface area contributed by atoms with Crippen molar-refractivity contribution in [2.45, 2.75) is 51.3 Å². The van der Waals surface area contributed by atoms with Crippen LogP contribution in [0.15, 0.2) is 18.2 Å². The number of nitrogens with one attached hydrogen (secondary N) is 1. The average Bonchev–Trinajstić information content (AvgIpc) is 3.13. The molecule has 2 aliphatic rings. The number of ether oxygens (including phenoxy) is 1. The molecule has 0 radical (unpaired) electrons. The maximum atomic E-state index is 5.76. The van der Waals surface area contributed by atoms with E-state index in [0.29, 0.717) is 6.10 Å². The van der Waals surface area contributed by atoms with Crippen LogP contribution in [0.25, 0.3) is 0 Å². The van der Waals surface area contributed by atoms with Crippen LogP contribution in [0.2, 0.25) is 0 Å². The molecule has 3 heteroatoms. The number of anilines is 1. The topological polar surface area (TPSA) is 24.5 Å². The van der Waals surface area contributed by atoms with Crippen LogP contribution in [0.3, 0.4) is 0 Å². The van der Waals surface area contributed by atoms with Crippen molar-refractivity contribution >= 4 is 5.69 Å². The van der Waals surface area contributed by atoms with Gasteiger partial charge >= 0.3 is 0 Å². The molecule has 1 aromatic carbocycles. The third-order valence-corrected chi connectivity index (χ3v) is 4.31. The quantitative estimate of drug-likeness (QED) is 0.863. The highest BCUT2D eigenvalue weighted by Gasteiger charge is 2.22. The van der Waals surface area contributed by atoms with Gasteiger partial charge in [-0.1, -0.05) is 17.7 Å². The Kier molecular flexibility index (Phi) is 4.27. The van der Waals surface area contributed by atoms with E-state index in [4.69, 9.17) is 4.74 Å². The van der Waals surface area contributed by atoms with Crippen LogP contribution in [0.5, 0.6) is 0 Å². The van der Waals surface area contributed by atoms with Crippen LogP contribution in [0.4, 0.5) is 5.69 Å². The first-order valence-electron chi connectivity index (χ1n) is 7.88. The molecule has 110 valence electrons. The minimum atomic E-state index is 0.408. The smallest absolute Gasteiger partial charge is 0.0750 e. The van der Waals surface area contributed by atoms with Crippen molar-refractivity contribution in [2.75, 3.05) is 25.1 Å². The van der Waals surface area contributed by atoms with Crippen molar-refractivity contribution in [1.82, 2.24) is 5.32 Å². The molecule has 3 nitrogen and oxygen atoms in total. The van der Waals surface area contributed by atoms with Crippen molar-refractivity contribution in [3.8, 4) is 0 Å². The zero-order chi connectivity index (χ0) is 13.9. The molecule has 1 saturated heterocycles. The summed E-state index contributed by atoms with van der Waals surface area (Å²) in [5, 5.41) is 3.63. The fraction of sp³-hybridized carbons (Fsp3) is 0.647. The SMILES string of the molecule is Cc1ccc(N(C)CC2CCCO2)c(CNC2CC2)c1. The number of nitrogens with zero attached hydrogens (tertiary/aromatic N) is 1. The summed E-state index contributed by atoms with van der Waals surface area (Å²) in [5.74, 6) is 0. The lowest BCUT2D eigenvalue weighted by Crippen LogP contribution is -2.30. The Morgan fingerprint density at radius 2 is 2.15 bits per heavy atom. The molecule has 0 aromatic heterocycles. The van der Waals surface area contributed by atoms with Gasteiger partial charge in [0.15, 0.2) is 0 Å². The molecular formula is C17H26N2O. The summed E-state index contributed by atoms with van der Waals surface area (Å²) in [7, 11) is 2.19. The number of benzene rings is 1. The predicted molar refractivity (Wildman–Crippen MR) is 83.3 cm³/mol. The number of likely N-dealkylation sites (N-methyl/N-ethyl adjacent to an activating group) is 1. The fourth-order valence-corrected chi connectivity index (χ4v) is 2.96. The van der Waals surface area contributed by atoms with E-state index in [2.05, 4.69) is 42.4 Å². The van der Waals surface area contributed by atoms with Crippen LogP contribution in [0.1, 0.15) is 36.8 Å². The van der Waals surface area contributed by atoms with Crippen LogP contribution < -0.4 is 10.2 Å². The lowest BCUT2D eigenvalue weighted by molar-refractivity contribution is 0.116. The molecule has 0 amide bonds. The van der Waals surface area contributed by atoms with Gasteiger partial charge in [-0.3, -0.25) is 0 Å². The summed E-state index contributed by atoms with van der Waals surface area (Å²) in [6, 6.07) is 7.54. The molecule has 1 aliphatic carbocycles. The lowest BCUT2D eigenvalue weighted by atomic mass is 10.1. The second-order valence-corrected chi connectivity index (χ2v) is 6.30. The zero-order valence-corrected chi connectivity index (χ0v) is 12.7. The molecule has 1 aliphatic heterocycles. The zero-order valence-electron chi connectivity index (χ0n) is 12.7. The normalized spacial score (nSPS) is 22.2. The van der Waals surface area contributed by atoms with Gasteiger partial charge in [0.1, 0.15) is 0 Å². The Bertz CT molecular complexity index is 450. The van der Waals surface area contributed by atoms with E-state index in [1.165, 1.54) is 42.5 Å². The molecule has 1 heterocycles. The van der Waals surface area contributed by atoms with E-state index < -0.39 is 0 Å². The summed E-state index contributed by atoms with van der Waals surface area (Å²) >= 11 is 0. The van der Waals surface area contributed by atoms with E-state index in [1.807, 2.05) is 0 Å². The highest BCUT2D eigenvalue weighted by atomic mass is 16.5. The molecule has 1 atom stereocenters. The third kappa shape index (κ3) is 3.53. The molecule has 0 spiro atoms. The van der Waals surface area contributed by atoms with Crippen LogP contribution in [-0.4, -0.2) is 32.3 Å². The monoisotopic (exact) mass is 274 g/mol. The fourth-order valence-electron chi connectivity index (χ4n) is 2.96. The first-order valence-corrected chi connectivity index (χ1v) is 7.88. The average molecular weight is 274 g/mol. The number of rotatable bonds is 6. The number of hydrogen-bond donors (Lipinski definition) is 1. The molecule has 20 heavy (non-hydrogen) atoms. The third-order valence-electron chi connectivity index (χ3n) is 4.31. The van der Waals surface area contributed by atoms with E-state index in [9.17, 15) is 0 Å². The van der Waals surface area contributed by atoms with Crippen LogP contribution in [-0.2, 0) is 11.3 Å². The second kappa shape index (κ2) is 6.15. The minimum absolute atomic E-state index is 0.408. The number of hydrogen-bond acceptors (Lipinski definition) is 3.